The predicted molar refractivity (Wildman–Crippen MR) is 114 cm³/mol. The van der Waals surface area contributed by atoms with Gasteiger partial charge in [-0.1, -0.05) is 18.2 Å². The molecule has 2 saturated heterocycles. The second-order valence-electron chi connectivity index (χ2n) is 8.54. The van der Waals surface area contributed by atoms with E-state index in [0.717, 1.165) is 44.4 Å². The summed E-state index contributed by atoms with van der Waals surface area (Å²) in [5.74, 6) is 0.601. The average molecular weight is 439 g/mol. The molecule has 5 rings (SSSR count). The van der Waals surface area contributed by atoms with E-state index < -0.39 is 11.9 Å². The van der Waals surface area contributed by atoms with E-state index >= 15 is 0 Å². The molecule has 3 aliphatic rings. The van der Waals surface area contributed by atoms with Gasteiger partial charge in [0, 0.05) is 44.7 Å². The summed E-state index contributed by atoms with van der Waals surface area (Å²) in [4.78, 5) is 4.45. The molecule has 0 aromatic heterocycles. The molecule has 32 heavy (non-hydrogen) atoms. The Hall–Kier alpha value is -2.70. The number of hydrogen-bond donors (Lipinski definition) is 1. The lowest BCUT2D eigenvalue weighted by molar-refractivity contribution is -0.0391. The highest BCUT2D eigenvalue weighted by atomic mass is 19.1. The van der Waals surface area contributed by atoms with Gasteiger partial charge in [0.15, 0.2) is 5.72 Å². The van der Waals surface area contributed by atoms with Crippen LogP contribution in [0.3, 0.4) is 0 Å². The van der Waals surface area contributed by atoms with Crippen LogP contribution in [0.2, 0.25) is 0 Å². The molecule has 3 aliphatic heterocycles. The second-order valence-corrected chi connectivity index (χ2v) is 8.54. The van der Waals surface area contributed by atoms with Crippen molar-refractivity contribution in [1.29, 1.82) is 5.26 Å². The fourth-order valence-electron chi connectivity index (χ4n) is 4.81. The molecule has 2 aromatic rings. The van der Waals surface area contributed by atoms with E-state index in [0.29, 0.717) is 13.2 Å². The van der Waals surface area contributed by atoms with Crippen LogP contribution in [0.4, 0.5) is 4.39 Å². The third-order valence-electron chi connectivity index (χ3n) is 6.73. The zero-order valence-electron chi connectivity index (χ0n) is 18.0. The highest BCUT2D eigenvalue weighted by Crippen LogP contribution is 2.43. The van der Waals surface area contributed by atoms with Crippen LogP contribution in [-0.4, -0.2) is 73.2 Å². The number of nitriles is 1. The summed E-state index contributed by atoms with van der Waals surface area (Å²) in [5, 5.41) is 19.8. The highest BCUT2D eigenvalue weighted by Gasteiger charge is 2.59. The molecule has 168 valence electrons. The largest absolute Gasteiger partial charge is 0.495 e. The van der Waals surface area contributed by atoms with Gasteiger partial charge in [0.25, 0.3) is 0 Å². The van der Waals surface area contributed by atoms with Gasteiger partial charge in [-0.3, -0.25) is 9.80 Å². The molecule has 2 aromatic carbocycles. The fraction of sp³-hybridized carbons (Fsp3) is 0.458. The van der Waals surface area contributed by atoms with E-state index in [2.05, 4.69) is 15.9 Å². The maximum Gasteiger partial charge on any atom is 0.182 e. The van der Waals surface area contributed by atoms with Crippen molar-refractivity contribution in [2.24, 2.45) is 0 Å². The van der Waals surface area contributed by atoms with Gasteiger partial charge in [-0.05, 0) is 23.8 Å². The minimum atomic E-state index is -1.01. The van der Waals surface area contributed by atoms with Gasteiger partial charge in [0.1, 0.15) is 29.5 Å². The number of β-amino-alcohol motifs (C(OH)–C–C–N with tert-alkyl or cyclic N) is 1. The number of rotatable bonds is 6. The molecule has 2 fully saturated rings. The van der Waals surface area contributed by atoms with E-state index in [1.807, 2.05) is 24.3 Å². The Kier molecular flexibility index (Phi) is 5.51. The first kappa shape index (κ1) is 21.2. The summed E-state index contributed by atoms with van der Waals surface area (Å²) < 4.78 is 31.7. The van der Waals surface area contributed by atoms with Gasteiger partial charge < -0.3 is 19.3 Å². The Bertz CT molecular complexity index is 1020. The van der Waals surface area contributed by atoms with Crippen LogP contribution in [0.25, 0.3) is 0 Å². The molecule has 1 N–H and O–H groups in total. The van der Waals surface area contributed by atoms with Gasteiger partial charge in [-0.25, -0.2) is 4.39 Å². The average Bonchev–Trinajstić information content (AvgIpc) is 3.51. The molecule has 3 atom stereocenters. The summed E-state index contributed by atoms with van der Waals surface area (Å²) in [6.07, 6.45) is -0.186. The quantitative estimate of drug-likeness (QED) is 0.691. The molecule has 0 amide bonds. The minimum Gasteiger partial charge on any atom is -0.495 e. The zero-order valence-corrected chi connectivity index (χ0v) is 18.0. The normalized spacial score (nSPS) is 26.1. The third-order valence-corrected chi connectivity index (χ3v) is 6.73. The van der Waals surface area contributed by atoms with Crippen molar-refractivity contribution < 1.29 is 23.7 Å². The van der Waals surface area contributed by atoms with Crippen molar-refractivity contribution >= 4 is 0 Å². The lowest BCUT2D eigenvalue weighted by Crippen LogP contribution is -2.57. The van der Waals surface area contributed by atoms with Gasteiger partial charge in [-0.15, -0.1) is 0 Å². The van der Waals surface area contributed by atoms with Crippen LogP contribution < -0.4 is 9.47 Å². The van der Waals surface area contributed by atoms with Crippen LogP contribution in [0, 0.1) is 17.1 Å². The number of fused-ring (bicyclic) bond motifs is 1. The van der Waals surface area contributed by atoms with Crippen LogP contribution in [0.5, 0.6) is 11.5 Å². The van der Waals surface area contributed by atoms with E-state index in [4.69, 9.17) is 19.5 Å². The van der Waals surface area contributed by atoms with Crippen LogP contribution in [0.1, 0.15) is 22.8 Å². The van der Waals surface area contributed by atoms with E-state index in [1.54, 1.807) is 0 Å². The standard InChI is InChI=1S/C24H26FN3O4/c1-30-22-12-18(19(25)10-17(22)13-26)20(29)14-27-6-8-28(9-7-27)24(15-31-24)23-11-16-4-2-3-5-21(16)32-23/h2-5,10,12,20,23,29H,6-9,11,14-15H2,1H3. The summed E-state index contributed by atoms with van der Waals surface area (Å²) in [6, 6.07) is 12.5. The molecule has 7 nitrogen and oxygen atoms in total. The number of ether oxygens (including phenoxy) is 3. The van der Waals surface area contributed by atoms with Crippen molar-refractivity contribution in [3.63, 3.8) is 0 Å². The summed E-state index contributed by atoms with van der Waals surface area (Å²) in [5.41, 5.74) is 1.09. The van der Waals surface area contributed by atoms with Gasteiger partial charge in [0.2, 0.25) is 0 Å². The monoisotopic (exact) mass is 439 g/mol. The van der Waals surface area contributed by atoms with Gasteiger partial charge in [0.05, 0.1) is 25.4 Å². The lowest BCUT2D eigenvalue weighted by atomic mass is 10.0. The number of epoxide rings is 1. The molecule has 0 spiro atoms. The SMILES string of the molecule is COc1cc(C(O)CN2CCN(C3(C4Cc5ccccc5O4)CO3)CC2)c(F)cc1C#N. The van der Waals surface area contributed by atoms with E-state index in [9.17, 15) is 9.50 Å². The van der Waals surface area contributed by atoms with Crippen LogP contribution >= 0.6 is 0 Å². The molecule has 0 radical (unpaired) electrons. The Morgan fingerprint density at radius 2 is 2.03 bits per heavy atom. The number of benzene rings is 2. The molecule has 8 heteroatoms. The van der Waals surface area contributed by atoms with Crippen LogP contribution in [-0.2, 0) is 11.2 Å². The summed E-state index contributed by atoms with van der Waals surface area (Å²) >= 11 is 0. The second kappa shape index (κ2) is 8.34. The topological polar surface area (TPSA) is 81.5 Å². The Balaban J connectivity index is 1.19. The molecule has 0 aliphatic carbocycles. The van der Waals surface area contributed by atoms with Crippen molar-refractivity contribution in [3.8, 4) is 17.6 Å². The molecular weight excluding hydrogens is 413 g/mol. The fourth-order valence-corrected chi connectivity index (χ4v) is 4.81. The number of piperazine rings is 1. The highest BCUT2D eigenvalue weighted by molar-refractivity contribution is 5.46. The van der Waals surface area contributed by atoms with Crippen molar-refractivity contribution in [2.75, 3.05) is 46.4 Å². The summed E-state index contributed by atoms with van der Waals surface area (Å²) in [6.45, 7) is 3.99. The minimum absolute atomic E-state index is 0.0164. The third kappa shape index (κ3) is 3.71. The van der Waals surface area contributed by atoms with E-state index in [-0.39, 0.29) is 28.7 Å². The first-order valence-electron chi connectivity index (χ1n) is 10.9. The van der Waals surface area contributed by atoms with Gasteiger partial charge >= 0.3 is 0 Å². The summed E-state index contributed by atoms with van der Waals surface area (Å²) in [7, 11) is 1.42. The van der Waals surface area contributed by atoms with Crippen molar-refractivity contribution in [3.05, 3.63) is 58.9 Å². The first-order chi connectivity index (χ1) is 15.5. The van der Waals surface area contributed by atoms with Crippen molar-refractivity contribution in [2.45, 2.75) is 24.4 Å². The number of aliphatic hydroxyl groups is 1. The lowest BCUT2D eigenvalue weighted by Gasteiger charge is -2.40. The maximum atomic E-state index is 14.4. The first-order valence-corrected chi connectivity index (χ1v) is 10.9. The predicted octanol–water partition coefficient (Wildman–Crippen LogP) is 2.09. The number of hydrogen-bond acceptors (Lipinski definition) is 7. The van der Waals surface area contributed by atoms with Gasteiger partial charge in [-0.2, -0.15) is 5.26 Å². The van der Waals surface area contributed by atoms with E-state index in [1.165, 1.54) is 18.7 Å². The molecule has 0 saturated carbocycles. The van der Waals surface area contributed by atoms with Crippen molar-refractivity contribution in [1.82, 2.24) is 9.80 Å². The number of halogens is 1. The zero-order chi connectivity index (χ0) is 22.3. The number of nitrogens with zero attached hydrogens (tertiary/aromatic N) is 3. The Morgan fingerprint density at radius 1 is 1.28 bits per heavy atom. The van der Waals surface area contributed by atoms with Crippen LogP contribution in [0.15, 0.2) is 36.4 Å². The number of methoxy groups -OCH3 is 1. The Morgan fingerprint density at radius 3 is 2.69 bits per heavy atom. The molecular formula is C24H26FN3O4. The number of para-hydroxylation sites is 1. The molecule has 3 unspecified atom stereocenters. The maximum absolute atomic E-state index is 14.4. The Labute approximate surface area is 186 Å². The number of aliphatic hydroxyl groups excluding tert-OH is 1. The molecule has 0 bridgehead atoms. The smallest absolute Gasteiger partial charge is 0.182 e. The molecule has 3 heterocycles.